The van der Waals surface area contributed by atoms with Crippen LogP contribution >= 0.6 is 11.6 Å². The van der Waals surface area contributed by atoms with Crippen molar-refractivity contribution >= 4 is 23.0 Å². The molecule has 0 radical (unpaired) electrons. The predicted molar refractivity (Wildman–Crippen MR) is 113 cm³/mol. The van der Waals surface area contributed by atoms with Crippen LogP contribution in [0, 0.1) is 5.82 Å². The number of aryl methyl sites for hydroxylation is 1. The Morgan fingerprint density at radius 1 is 1.00 bits per heavy atom. The zero-order chi connectivity index (χ0) is 20.9. The lowest BCUT2D eigenvalue weighted by molar-refractivity contribution is -0.152. The summed E-state index contributed by atoms with van der Waals surface area (Å²) in [5, 5.41) is 0.496. The Kier molecular flexibility index (Phi) is 5.28. The molecule has 0 aromatic heterocycles. The minimum atomic E-state index is -0.895. The van der Waals surface area contributed by atoms with Gasteiger partial charge in [-0.05, 0) is 81.5 Å². The first-order valence-corrected chi connectivity index (χ1v) is 9.91. The van der Waals surface area contributed by atoms with Crippen LogP contribution in [0.25, 0.3) is 16.7 Å². The van der Waals surface area contributed by atoms with Gasteiger partial charge in [0, 0.05) is 16.2 Å². The number of ether oxygens (including phenoxy) is 1. The molecule has 0 atom stereocenters. The Bertz CT molecular complexity index is 986. The number of carbonyl (C=O) groups excluding carboxylic acids is 1. The molecular weight excluding hydrogens is 375 g/mol. The summed E-state index contributed by atoms with van der Waals surface area (Å²) >= 11 is 6.29. The molecule has 0 aliphatic carbocycles. The molecule has 0 spiro atoms. The van der Waals surface area contributed by atoms with Gasteiger partial charge >= 0.3 is 0 Å². The molecule has 0 saturated heterocycles. The van der Waals surface area contributed by atoms with E-state index in [1.54, 1.807) is 6.07 Å². The Morgan fingerprint density at radius 3 is 2.32 bits per heavy atom. The van der Waals surface area contributed by atoms with Gasteiger partial charge < -0.3 is 4.74 Å². The fourth-order valence-electron chi connectivity index (χ4n) is 3.87. The monoisotopic (exact) mass is 400 g/mol. The van der Waals surface area contributed by atoms with E-state index >= 15 is 0 Å². The normalized spacial score (nSPS) is 18.5. The van der Waals surface area contributed by atoms with Gasteiger partial charge in [-0.25, -0.2) is 4.39 Å². The third kappa shape index (κ3) is 3.54. The average molecular weight is 401 g/mol. The van der Waals surface area contributed by atoms with E-state index in [-0.39, 0.29) is 11.6 Å². The van der Waals surface area contributed by atoms with Crippen molar-refractivity contribution in [2.75, 3.05) is 0 Å². The molecule has 2 aromatic carbocycles. The van der Waals surface area contributed by atoms with Gasteiger partial charge in [0.2, 0.25) is 0 Å². The minimum Gasteiger partial charge on any atom is -0.357 e. The highest BCUT2D eigenvalue weighted by molar-refractivity contribution is 6.33. The highest BCUT2D eigenvalue weighted by Crippen LogP contribution is 2.42. The van der Waals surface area contributed by atoms with Gasteiger partial charge in [0.15, 0.2) is 5.78 Å². The Hall–Kier alpha value is -1.97. The second-order valence-electron chi connectivity index (χ2n) is 8.30. The van der Waals surface area contributed by atoms with Gasteiger partial charge in [-0.1, -0.05) is 36.7 Å². The van der Waals surface area contributed by atoms with Crippen molar-refractivity contribution in [1.82, 2.24) is 0 Å². The molecule has 0 N–H and O–H groups in total. The van der Waals surface area contributed by atoms with Crippen LogP contribution < -0.4 is 0 Å². The number of halogens is 2. The number of carbonyl (C=O) groups is 1. The van der Waals surface area contributed by atoms with E-state index in [1.165, 1.54) is 12.1 Å². The maximum absolute atomic E-state index is 13.7. The fraction of sp³-hybridized carbons (Fsp3) is 0.375. The maximum Gasteiger partial charge on any atom is 0.194 e. The molecule has 1 aliphatic heterocycles. The third-order valence-corrected chi connectivity index (χ3v) is 5.89. The fourth-order valence-corrected chi connectivity index (χ4v) is 4.10. The van der Waals surface area contributed by atoms with E-state index in [4.69, 9.17) is 16.3 Å². The van der Waals surface area contributed by atoms with Crippen molar-refractivity contribution in [2.24, 2.45) is 0 Å². The summed E-state index contributed by atoms with van der Waals surface area (Å²) in [6.07, 6.45) is 0.738. The zero-order valence-corrected chi connectivity index (χ0v) is 18.0. The van der Waals surface area contributed by atoms with Crippen molar-refractivity contribution in [2.45, 2.75) is 59.2 Å². The van der Waals surface area contributed by atoms with Gasteiger partial charge in [-0.2, -0.15) is 0 Å². The second kappa shape index (κ2) is 7.13. The molecule has 0 fully saturated rings. The van der Waals surface area contributed by atoms with E-state index in [1.807, 2.05) is 59.7 Å². The topological polar surface area (TPSA) is 26.3 Å². The summed E-state index contributed by atoms with van der Waals surface area (Å²) in [4.78, 5) is 13.2. The predicted octanol–water partition coefficient (Wildman–Crippen LogP) is 6.64. The first-order chi connectivity index (χ1) is 13.0. The highest BCUT2D eigenvalue weighted by Gasteiger charge is 2.45. The number of rotatable bonds is 3. The summed E-state index contributed by atoms with van der Waals surface area (Å²) in [5.74, 6) is -0.348. The van der Waals surface area contributed by atoms with E-state index in [9.17, 15) is 9.18 Å². The smallest absolute Gasteiger partial charge is 0.194 e. The van der Waals surface area contributed by atoms with E-state index < -0.39 is 11.2 Å². The lowest BCUT2D eigenvalue weighted by atomic mass is 9.78. The summed E-state index contributed by atoms with van der Waals surface area (Å²) < 4.78 is 19.8. The largest absolute Gasteiger partial charge is 0.357 e. The third-order valence-electron chi connectivity index (χ3n) is 5.56. The van der Waals surface area contributed by atoms with Crippen LogP contribution in [0.4, 0.5) is 4.39 Å². The molecule has 0 bridgehead atoms. The van der Waals surface area contributed by atoms with Crippen molar-refractivity contribution in [3.05, 3.63) is 63.9 Å². The van der Waals surface area contributed by atoms with Crippen LogP contribution in [0.5, 0.6) is 0 Å². The van der Waals surface area contributed by atoms with Gasteiger partial charge in [0.05, 0.1) is 5.60 Å². The molecule has 2 nitrogen and oxygen atoms in total. The van der Waals surface area contributed by atoms with Gasteiger partial charge in [0.25, 0.3) is 0 Å². The first-order valence-electron chi connectivity index (χ1n) is 9.53. The lowest BCUT2D eigenvalue weighted by Gasteiger charge is -2.42. The van der Waals surface area contributed by atoms with Gasteiger partial charge in [-0.15, -0.1) is 0 Å². The molecule has 2 aromatic rings. The summed E-state index contributed by atoms with van der Waals surface area (Å²) in [6, 6.07) is 10.2. The number of benzene rings is 2. The molecule has 4 heteroatoms. The minimum absolute atomic E-state index is 0.0180. The second-order valence-corrected chi connectivity index (χ2v) is 8.71. The van der Waals surface area contributed by atoms with Gasteiger partial charge in [-0.3, -0.25) is 4.79 Å². The summed E-state index contributed by atoms with van der Waals surface area (Å²) in [7, 11) is 0. The Morgan fingerprint density at radius 2 is 1.68 bits per heavy atom. The summed E-state index contributed by atoms with van der Waals surface area (Å²) in [5.41, 5.74) is 3.61. The molecule has 1 aliphatic rings. The number of hydrogen-bond donors (Lipinski definition) is 0. The van der Waals surface area contributed by atoms with Gasteiger partial charge in [0.1, 0.15) is 11.4 Å². The Labute approximate surface area is 171 Å². The summed E-state index contributed by atoms with van der Waals surface area (Å²) in [6.45, 7) is 11.6. The number of hydrogen-bond acceptors (Lipinski definition) is 2. The maximum atomic E-state index is 13.7. The van der Waals surface area contributed by atoms with Crippen molar-refractivity contribution in [3.8, 4) is 11.1 Å². The molecule has 0 saturated carbocycles. The molecule has 3 rings (SSSR count). The van der Waals surface area contributed by atoms with Crippen LogP contribution in [-0.4, -0.2) is 17.0 Å². The van der Waals surface area contributed by atoms with Crippen LogP contribution in [0.2, 0.25) is 5.02 Å². The molecule has 1 heterocycles. The van der Waals surface area contributed by atoms with E-state index in [0.29, 0.717) is 10.6 Å². The van der Waals surface area contributed by atoms with Crippen molar-refractivity contribution < 1.29 is 13.9 Å². The average Bonchev–Trinajstić information content (AvgIpc) is 2.62. The molecule has 0 amide bonds. The number of ketones is 1. The number of Topliss-reactive ketones (excluding diaryl/α,β-unsaturated/α-hetero) is 1. The lowest BCUT2D eigenvalue weighted by Crippen LogP contribution is -2.49. The van der Waals surface area contributed by atoms with Crippen molar-refractivity contribution in [3.63, 3.8) is 0 Å². The standard InChI is InChI=1S/C24H26ClFO2/c1-7-15-12-16(19-13-17(26)9-11-20(19)25)8-10-18(15)21-14(2)23(3,4)28-24(5,6)22(21)27/h8-13H,7H2,1-6H3. The SMILES string of the molecule is CCc1cc(-c2cc(F)ccc2Cl)ccc1C1=C(C)C(C)(C)OC(C)(C)C1=O. The molecule has 148 valence electrons. The molecular formula is C24H26ClFO2. The Balaban J connectivity index is 2.20. The van der Waals surface area contributed by atoms with Crippen LogP contribution in [0.1, 0.15) is 52.7 Å². The molecule has 0 unspecified atom stereocenters. The van der Waals surface area contributed by atoms with Crippen molar-refractivity contribution in [1.29, 1.82) is 0 Å². The van der Waals surface area contributed by atoms with Crippen LogP contribution in [-0.2, 0) is 16.0 Å². The van der Waals surface area contributed by atoms with Crippen LogP contribution in [0.3, 0.4) is 0 Å². The molecule has 28 heavy (non-hydrogen) atoms. The van der Waals surface area contributed by atoms with E-state index in [0.717, 1.165) is 34.3 Å². The first kappa shape index (κ1) is 20.8. The van der Waals surface area contributed by atoms with E-state index in [2.05, 4.69) is 0 Å². The van der Waals surface area contributed by atoms with Crippen LogP contribution in [0.15, 0.2) is 42.0 Å². The quantitative estimate of drug-likeness (QED) is 0.577. The zero-order valence-electron chi connectivity index (χ0n) is 17.2. The highest BCUT2D eigenvalue weighted by atomic mass is 35.5.